The summed E-state index contributed by atoms with van der Waals surface area (Å²) in [6, 6.07) is 0.196. The third-order valence-corrected chi connectivity index (χ3v) is 3.24. The van der Waals surface area contributed by atoms with Gasteiger partial charge in [-0.1, -0.05) is 0 Å². The van der Waals surface area contributed by atoms with Crippen molar-refractivity contribution in [2.45, 2.75) is 45.3 Å². The van der Waals surface area contributed by atoms with Crippen molar-refractivity contribution in [3.8, 4) is 0 Å². The maximum atomic E-state index is 12.1. The highest BCUT2D eigenvalue weighted by molar-refractivity contribution is 5.68. The molecule has 1 atom stereocenters. The second-order valence-electron chi connectivity index (χ2n) is 6.10. The van der Waals surface area contributed by atoms with Crippen molar-refractivity contribution in [2.24, 2.45) is 0 Å². The van der Waals surface area contributed by atoms with Gasteiger partial charge in [0.1, 0.15) is 5.60 Å². The van der Waals surface area contributed by atoms with Crippen molar-refractivity contribution < 1.29 is 14.3 Å². The maximum absolute atomic E-state index is 12.1. The van der Waals surface area contributed by atoms with Gasteiger partial charge in [0.05, 0.1) is 12.9 Å². The van der Waals surface area contributed by atoms with Crippen molar-refractivity contribution in [1.82, 2.24) is 10.2 Å². The van der Waals surface area contributed by atoms with Crippen LogP contribution in [0.4, 0.5) is 4.79 Å². The number of rotatable bonds is 1. The molecule has 0 aliphatic carbocycles. The van der Waals surface area contributed by atoms with Crippen LogP contribution in [0.15, 0.2) is 11.8 Å². The Morgan fingerprint density at radius 1 is 1.53 bits per heavy atom. The number of carbonyl (C=O) groups excluding carboxylic acids is 1. The molecule has 108 valence electrons. The first-order valence-electron chi connectivity index (χ1n) is 6.97. The van der Waals surface area contributed by atoms with Crippen LogP contribution in [0.1, 0.15) is 33.6 Å². The third-order valence-electron chi connectivity index (χ3n) is 3.24. The van der Waals surface area contributed by atoms with Crippen molar-refractivity contribution in [2.75, 3.05) is 26.2 Å². The smallest absolute Gasteiger partial charge is 0.410 e. The van der Waals surface area contributed by atoms with Gasteiger partial charge in [0.25, 0.3) is 0 Å². The van der Waals surface area contributed by atoms with Crippen molar-refractivity contribution in [3.63, 3.8) is 0 Å². The molecule has 0 spiro atoms. The highest BCUT2D eigenvalue weighted by Gasteiger charge is 2.29. The van der Waals surface area contributed by atoms with Crippen LogP contribution in [0, 0.1) is 0 Å². The predicted molar refractivity (Wildman–Crippen MR) is 72.9 cm³/mol. The molecule has 0 bridgehead atoms. The molecule has 5 nitrogen and oxygen atoms in total. The van der Waals surface area contributed by atoms with Gasteiger partial charge >= 0.3 is 6.09 Å². The minimum atomic E-state index is -0.440. The summed E-state index contributed by atoms with van der Waals surface area (Å²) in [5.41, 5.74) is 0.810. The largest absolute Gasteiger partial charge is 0.501 e. The van der Waals surface area contributed by atoms with Gasteiger partial charge in [-0.3, -0.25) is 0 Å². The van der Waals surface area contributed by atoms with Gasteiger partial charge in [0, 0.05) is 25.7 Å². The lowest BCUT2D eigenvalue weighted by Crippen LogP contribution is -2.54. The van der Waals surface area contributed by atoms with Crippen molar-refractivity contribution in [1.29, 1.82) is 0 Å². The van der Waals surface area contributed by atoms with E-state index >= 15 is 0 Å². The number of hydrogen-bond acceptors (Lipinski definition) is 4. The van der Waals surface area contributed by atoms with Crippen LogP contribution in [-0.2, 0) is 9.47 Å². The van der Waals surface area contributed by atoms with E-state index in [9.17, 15) is 4.79 Å². The van der Waals surface area contributed by atoms with Crippen molar-refractivity contribution in [3.05, 3.63) is 11.8 Å². The maximum Gasteiger partial charge on any atom is 0.410 e. The second kappa shape index (κ2) is 5.82. The van der Waals surface area contributed by atoms with Crippen LogP contribution in [0.5, 0.6) is 0 Å². The molecule has 1 saturated heterocycles. The molecule has 0 aromatic rings. The van der Waals surface area contributed by atoms with Gasteiger partial charge in [0.15, 0.2) is 0 Å². The lowest BCUT2D eigenvalue weighted by atomic mass is 10.0. The Morgan fingerprint density at radius 2 is 2.32 bits per heavy atom. The van der Waals surface area contributed by atoms with Gasteiger partial charge < -0.3 is 19.7 Å². The number of hydrogen-bond donors (Lipinski definition) is 1. The number of nitrogens with one attached hydrogen (secondary N) is 1. The molecule has 0 aromatic carbocycles. The topological polar surface area (TPSA) is 50.8 Å². The predicted octanol–water partition coefficient (Wildman–Crippen LogP) is 1.89. The highest BCUT2D eigenvalue weighted by Crippen LogP contribution is 2.19. The van der Waals surface area contributed by atoms with Crippen LogP contribution in [0.3, 0.4) is 0 Å². The molecule has 2 aliphatic heterocycles. The summed E-state index contributed by atoms with van der Waals surface area (Å²) in [5, 5.41) is 3.44. The average molecular weight is 268 g/mol. The van der Waals surface area contributed by atoms with Gasteiger partial charge in [-0.15, -0.1) is 0 Å². The Bertz CT molecular complexity index is 360. The van der Waals surface area contributed by atoms with E-state index in [4.69, 9.17) is 9.47 Å². The first-order chi connectivity index (χ1) is 8.96. The highest BCUT2D eigenvalue weighted by atomic mass is 16.6. The Balaban J connectivity index is 1.93. The average Bonchev–Trinajstić information content (AvgIpc) is 2.38. The lowest BCUT2D eigenvalue weighted by Gasteiger charge is -2.36. The second-order valence-corrected chi connectivity index (χ2v) is 6.10. The molecule has 2 aliphatic rings. The fourth-order valence-corrected chi connectivity index (χ4v) is 2.33. The van der Waals surface area contributed by atoms with Crippen LogP contribution >= 0.6 is 0 Å². The fourth-order valence-electron chi connectivity index (χ4n) is 2.33. The van der Waals surface area contributed by atoms with Gasteiger partial charge in [-0.25, -0.2) is 4.79 Å². The summed E-state index contributed by atoms with van der Waals surface area (Å²) in [7, 11) is 0. The standard InChI is InChI=1S/C14H24N2O3/c1-14(2,3)19-13(17)16-7-6-15-12(9-16)11-5-4-8-18-10-11/h10,12,15H,4-9H2,1-3H3. The number of ether oxygens (including phenoxy) is 2. The van der Waals surface area contributed by atoms with E-state index in [0.717, 1.165) is 26.0 Å². The molecule has 1 unspecified atom stereocenters. The molecular formula is C14H24N2O3. The van der Waals surface area contributed by atoms with Crippen LogP contribution in [-0.4, -0.2) is 48.9 Å². The van der Waals surface area contributed by atoms with E-state index in [1.165, 1.54) is 5.57 Å². The molecule has 19 heavy (non-hydrogen) atoms. The molecule has 2 heterocycles. The van der Waals surface area contributed by atoms with E-state index in [2.05, 4.69) is 5.32 Å². The van der Waals surface area contributed by atoms with E-state index in [1.807, 2.05) is 27.0 Å². The minimum absolute atomic E-state index is 0.196. The summed E-state index contributed by atoms with van der Waals surface area (Å²) in [6.07, 6.45) is 3.71. The summed E-state index contributed by atoms with van der Waals surface area (Å²) < 4.78 is 10.8. The Kier molecular flexibility index (Phi) is 4.34. The number of amides is 1. The van der Waals surface area contributed by atoms with E-state index < -0.39 is 5.60 Å². The summed E-state index contributed by atoms with van der Waals surface area (Å²) in [5.74, 6) is 0. The number of nitrogens with zero attached hydrogens (tertiary/aromatic N) is 1. The number of carbonyl (C=O) groups is 1. The van der Waals surface area contributed by atoms with E-state index in [-0.39, 0.29) is 12.1 Å². The summed E-state index contributed by atoms with van der Waals surface area (Å²) in [6.45, 7) is 8.61. The molecule has 0 saturated carbocycles. The van der Waals surface area contributed by atoms with Gasteiger partial charge in [-0.05, 0) is 39.2 Å². The Labute approximate surface area is 114 Å². The zero-order valence-corrected chi connectivity index (χ0v) is 12.1. The quantitative estimate of drug-likeness (QED) is 0.789. The SMILES string of the molecule is CC(C)(C)OC(=O)N1CCNC(C2=COCCC2)C1. The van der Waals surface area contributed by atoms with Gasteiger partial charge in [-0.2, -0.15) is 0 Å². The van der Waals surface area contributed by atoms with Crippen LogP contribution < -0.4 is 5.32 Å². The number of piperazine rings is 1. The normalized spacial score (nSPS) is 24.5. The Hall–Kier alpha value is -1.23. The first-order valence-corrected chi connectivity index (χ1v) is 6.97. The molecule has 1 N–H and O–H groups in total. The molecule has 1 amide bonds. The van der Waals surface area contributed by atoms with E-state index in [0.29, 0.717) is 13.1 Å². The Morgan fingerprint density at radius 3 is 2.95 bits per heavy atom. The molecule has 0 radical (unpaired) electrons. The van der Waals surface area contributed by atoms with Crippen molar-refractivity contribution >= 4 is 6.09 Å². The fraction of sp³-hybridized carbons (Fsp3) is 0.786. The monoisotopic (exact) mass is 268 g/mol. The summed E-state index contributed by atoms with van der Waals surface area (Å²) in [4.78, 5) is 13.8. The zero-order chi connectivity index (χ0) is 13.9. The first kappa shape index (κ1) is 14.2. The molecule has 2 rings (SSSR count). The van der Waals surface area contributed by atoms with Gasteiger partial charge in [0.2, 0.25) is 0 Å². The zero-order valence-electron chi connectivity index (χ0n) is 12.1. The molecular weight excluding hydrogens is 244 g/mol. The minimum Gasteiger partial charge on any atom is -0.501 e. The molecule has 5 heteroatoms. The molecule has 1 fully saturated rings. The third kappa shape index (κ3) is 4.13. The van der Waals surface area contributed by atoms with Crippen LogP contribution in [0.2, 0.25) is 0 Å². The van der Waals surface area contributed by atoms with E-state index in [1.54, 1.807) is 4.90 Å². The van der Waals surface area contributed by atoms with Crippen LogP contribution in [0.25, 0.3) is 0 Å². The summed E-state index contributed by atoms with van der Waals surface area (Å²) >= 11 is 0. The lowest BCUT2D eigenvalue weighted by molar-refractivity contribution is 0.0203. The molecule has 0 aromatic heterocycles.